The second kappa shape index (κ2) is 8.57. The van der Waals surface area contributed by atoms with E-state index in [0.29, 0.717) is 15.5 Å². The van der Waals surface area contributed by atoms with Gasteiger partial charge < -0.3 is 5.11 Å². The number of carbonyl (C=O) groups is 2. The van der Waals surface area contributed by atoms with Crippen molar-refractivity contribution in [3.8, 4) is 21.6 Å². The summed E-state index contributed by atoms with van der Waals surface area (Å²) in [5, 5.41) is 12.0. The number of halogens is 1. The molecule has 0 atom stereocenters. The van der Waals surface area contributed by atoms with E-state index in [4.69, 9.17) is 11.6 Å². The second-order valence-corrected chi connectivity index (χ2v) is 7.85. The molecule has 0 fully saturated rings. The molecular weight excluding hydrogens is 420 g/mol. The van der Waals surface area contributed by atoms with E-state index in [1.54, 1.807) is 42.0 Å². The van der Waals surface area contributed by atoms with Crippen molar-refractivity contribution in [1.82, 2.24) is 9.97 Å². The number of aromatic nitrogens is 2. The van der Waals surface area contributed by atoms with Gasteiger partial charge in [0.25, 0.3) is 0 Å². The molecule has 0 aliphatic rings. The lowest BCUT2D eigenvalue weighted by molar-refractivity contribution is 0.0697. The van der Waals surface area contributed by atoms with Crippen molar-refractivity contribution in [3.63, 3.8) is 0 Å². The fourth-order valence-electron chi connectivity index (χ4n) is 3.08. The number of thiophene rings is 1. The molecule has 2 heterocycles. The number of Topliss-reactive ketones (excluding diaryl/α,β-unsaturated/α-hetero) is 1. The van der Waals surface area contributed by atoms with Gasteiger partial charge in [-0.2, -0.15) is 0 Å². The predicted octanol–water partition coefficient (Wildman–Crippen LogP) is 5.65. The average Bonchev–Trinajstić information content (AvgIpc) is 3.19. The van der Waals surface area contributed by atoms with E-state index in [1.807, 2.05) is 30.3 Å². The summed E-state index contributed by atoms with van der Waals surface area (Å²) in [7, 11) is 0. The molecule has 7 heteroatoms. The molecule has 0 saturated carbocycles. The first-order valence-corrected chi connectivity index (χ1v) is 10.3. The molecule has 0 aliphatic carbocycles. The molecule has 4 rings (SSSR count). The van der Waals surface area contributed by atoms with E-state index >= 15 is 0 Å². The molecule has 0 spiro atoms. The molecule has 0 unspecified atom stereocenters. The zero-order valence-corrected chi connectivity index (χ0v) is 17.2. The summed E-state index contributed by atoms with van der Waals surface area (Å²) in [5.74, 6) is -1.35. The van der Waals surface area contributed by atoms with Crippen LogP contribution < -0.4 is 0 Å². The maximum atomic E-state index is 12.7. The Morgan fingerprint density at radius 2 is 1.57 bits per heavy atom. The van der Waals surface area contributed by atoms with Crippen LogP contribution in [0.5, 0.6) is 0 Å². The SMILES string of the molecule is O=C(Cc1csc(-c2ccc(Cl)cc2)c1C(=O)O)c1ncc(-c2ccccc2)cn1. The molecule has 5 nitrogen and oxygen atoms in total. The topological polar surface area (TPSA) is 80.2 Å². The number of carboxylic acid groups (broad SMARTS) is 1. The van der Waals surface area contributed by atoms with Crippen LogP contribution in [0.1, 0.15) is 26.5 Å². The van der Waals surface area contributed by atoms with Crippen molar-refractivity contribution in [2.45, 2.75) is 6.42 Å². The molecule has 0 amide bonds. The number of hydrogen-bond donors (Lipinski definition) is 1. The minimum Gasteiger partial charge on any atom is -0.478 e. The van der Waals surface area contributed by atoms with Crippen LogP contribution in [0.15, 0.2) is 72.4 Å². The number of benzene rings is 2. The van der Waals surface area contributed by atoms with Gasteiger partial charge in [0, 0.05) is 34.3 Å². The van der Waals surface area contributed by atoms with E-state index in [-0.39, 0.29) is 23.6 Å². The van der Waals surface area contributed by atoms with E-state index in [1.165, 1.54) is 11.3 Å². The third-order valence-corrected chi connectivity index (χ3v) is 5.88. The Balaban J connectivity index is 1.59. The van der Waals surface area contributed by atoms with Gasteiger partial charge in [0.15, 0.2) is 5.82 Å². The Labute approximate surface area is 181 Å². The highest BCUT2D eigenvalue weighted by atomic mass is 35.5. The summed E-state index contributed by atoms with van der Waals surface area (Å²) in [6.07, 6.45) is 3.11. The number of aromatic carboxylic acids is 1. The molecule has 0 aliphatic heterocycles. The van der Waals surface area contributed by atoms with Gasteiger partial charge in [-0.3, -0.25) is 4.79 Å². The van der Waals surface area contributed by atoms with Crippen LogP contribution in [0.4, 0.5) is 0 Å². The largest absolute Gasteiger partial charge is 0.478 e. The van der Waals surface area contributed by atoms with Gasteiger partial charge in [-0.1, -0.05) is 54.1 Å². The molecule has 2 aromatic heterocycles. The second-order valence-electron chi connectivity index (χ2n) is 6.54. The quantitative estimate of drug-likeness (QED) is 0.396. The lowest BCUT2D eigenvalue weighted by Crippen LogP contribution is -2.11. The Kier molecular flexibility index (Phi) is 5.70. The monoisotopic (exact) mass is 434 g/mol. The summed E-state index contributed by atoms with van der Waals surface area (Å²) in [6.45, 7) is 0. The first kappa shape index (κ1) is 19.9. The Morgan fingerprint density at radius 3 is 2.20 bits per heavy atom. The van der Waals surface area contributed by atoms with Gasteiger partial charge in [0.05, 0.1) is 5.56 Å². The highest BCUT2D eigenvalue weighted by Gasteiger charge is 2.22. The molecule has 4 aromatic rings. The first-order chi connectivity index (χ1) is 14.5. The van der Waals surface area contributed by atoms with Gasteiger partial charge in [-0.15, -0.1) is 11.3 Å². The summed E-state index contributed by atoms with van der Waals surface area (Å²) in [5.41, 5.74) is 3.06. The number of hydrogen-bond acceptors (Lipinski definition) is 5. The van der Waals surface area contributed by atoms with E-state index in [9.17, 15) is 14.7 Å². The molecule has 1 N–H and O–H groups in total. The molecule has 0 saturated heterocycles. The van der Waals surface area contributed by atoms with Gasteiger partial charge in [0.2, 0.25) is 5.78 Å². The highest BCUT2D eigenvalue weighted by molar-refractivity contribution is 7.14. The van der Waals surface area contributed by atoms with E-state index in [0.717, 1.165) is 16.7 Å². The fourth-order valence-corrected chi connectivity index (χ4v) is 4.27. The zero-order chi connectivity index (χ0) is 21.1. The molecular formula is C23H15ClN2O3S. The maximum Gasteiger partial charge on any atom is 0.337 e. The van der Waals surface area contributed by atoms with Crippen LogP contribution in [-0.2, 0) is 6.42 Å². The first-order valence-electron chi connectivity index (χ1n) is 9.03. The smallest absolute Gasteiger partial charge is 0.337 e. The maximum absolute atomic E-state index is 12.7. The number of nitrogens with zero attached hydrogens (tertiary/aromatic N) is 2. The number of ketones is 1. The van der Waals surface area contributed by atoms with Crippen LogP contribution >= 0.6 is 22.9 Å². The van der Waals surface area contributed by atoms with Gasteiger partial charge in [-0.25, -0.2) is 14.8 Å². The lowest BCUT2D eigenvalue weighted by Gasteiger charge is -2.05. The van der Waals surface area contributed by atoms with Gasteiger partial charge in [-0.05, 0) is 34.2 Å². The zero-order valence-electron chi connectivity index (χ0n) is 15.6. The van der Waals surface area contributed by atoms with Crippen LogP contribution in [-0.4, -0.2) is 26.8 Å². The Bertz CT molecular complexity index is 1200. The van der Waals surface area contributed by atoms with E-state index < -0.39 is 5.97 Å². The molecule has 30 heavy (non-hydrogen) atoms. The average molecular weight is 435 g/mol. The van der Waals surface area contributed by atoms with Crippen LogP contribution in [0, 0.1) is 0 Å². The standard InChI is InChI=1S/C23H15ClN2O3S/c24-18-8-6-15(7-9-18)21-20(23(28)29)16(13-30-21)10-19(27)22-25-11-17(12-26-22)14-4-2-1-3-5-14/h1-9,11-13H,10H2,(H,28,29). The summed E-state index contributed by atoms with van der Waals surface area (Å²) in [4.78, 5) is 33.5. The van der Waals surface area contributed by atoms with Crippen molar-refractivity contribution in [2.24, 2.45) is 0 Å². The molecule has 0 radical (unpaired) electrons. The van der Waals surface area contributed by atoms with Gasteiger partial charge >= 0.3 is 5.97 Å². The van der Waals surface area contributed by atoms with Crippen molar-refractivity contribution in [3.05, 3.63) is 94.3 Å². The van der Waals surface area contributed by atoms with Crippen LogP contribution in [0.2, 0.25) is 5.02 Å². The molecule has 2 aromatic carbocycles. The number of rotatable bonds is 6. The summed E-state index contributed by atoms with van der Waals surface area (Å²) < 4.78 is 0. The highest BCUT2D eigenvalue weighted by Crippen LogP contribution is 2.34. The van der Waals surface area contributed by atoms with Crippen molar-refractivity contribution >= 4 is 34.7 Å². The minimum atomic E-state index is -1.08. The van der Waals surface area contributed by atoms with Crippen molar-refractivity contribution < 1.29 is 14.7 Å². The van der Waals surface area contributed by atoms with E-state index in [2.05, 4.69) is 9.97 Å². The fraction of sp³-hybridized carbons (Fsp3) is 0.0435. The Hall–Kier alpha value is -3.35. The number of carboxylic acids is 1. The van der Waals surface area contributed by atoms with Gasteiger partial charge in [0.1, 0.15) is 0 Å². The van der Waals surface area contributed by atoms with Crippen molar-refractivity contribution in [2.75, 3.05) is 0 Å². The van der Waals surface area contributed by atoms with Crippen LogP contribution in [0.25, 0.3) is 21.6 Å². The van der Waals surface area contributed by atoms with Crippen LogP contribution in [0.3, 0.4) is 0 Å². The predicted molar refractivity (Wildman–Crippen MR) is 117 cm³/mol. The Morgan fingerprint density at radius 1 is 0.900 bits per heavy atom. The molecule has 148 valence electrons. The number of carbonyl (C=O) groups excluding carboxylic acids is 1. The van der Waals surface area contributed by atoms with Crippen molar-refractivity contribution in [1.29, 1.82) is 0 Å². The normalized spacial score (nSPS) is 10.7. The third kappa shape index (κ3) is 4.15. The molecule has 0 bridgehead atoms. The third-order valence-electron chi connectivity index (χ3n) is 4.55. The summed E-state index contributed by atoms with van der Waals surface area (Å²) >= 11 is 7.21. The lowest BCUT2D eigenvalue weighted by atomic mass is 10.0. The minimum absolute atomic E-state index is 0.0604. The summed E-state index contributed by atoms with van der Waals surface area (Å²) in [6, 6.07) is 16.5.